The molecule has 0 aromatic rings. The molecule has 2 aliphatic rings. The fourth-order valence-electron chi connectivity index (χ4n) is 4.16. The van der Waals surface area contributed by atoms with Crippen molar-refractivity contribution in [3.05, 3.63) is 0 Å². The summed E-state index contributed by atoms with van der Waals surface area (Å²) in [5, 5.41) is 9.21. The second-order valence-electron chi connectivity index (χ2n) is 8.09. The summed E-state index contributed by atoms with van der Waals surface area (Å²) < 4.78 is 5.44. The summed E-state index contributed by atoms with van der Waals surface area (Å²) in [5.41, 5.74) is -0.513. The molecule has 5 nitrogen and oxygen atoms in total. The van der Waals surface area contributed by atoms with Crippen molar-refractivity contribution in [2.75, 3.05) is 13.1 Å². The largest absolute Gasteiger partial charge is 0.481 e. The highest BCUT2D eigenvalue weighted by atomic mass is 16.6. The average Bonchev–Trinajstić information content (AvgIpc) is 2.31. The van der Waals surface area contributed by atoms with Crippen LogP contribution in [0, 0.1) is 17.3 Å². The molecular weight excluding hydrogens is 282 g/mol. The maximum atomic E-state index is 12.2. The predicted octanol–water partition coefficient (Wildman–Crippen LogP) is 3.52. The summed E-state index contributed by atoms with van der Waals surface area (Å²) in [6, 6.07) is 0. The number of nitrogens with zero attached hydrogens (tertiary/aromatic N) is 1. The molecule has 0 aromatic heterocycles. The molecule has 1 aliphatic heterocycles. The van der Waals surface area contributed by atoms with E-state index in [1.165, 1.54) is 0 Å². The highest BCUT2D eigenvalue weighted by Gasteiger charge is 2.49. The van der Waals surface area contributed by atoms with Gasteiger partial charge in [-0.3, -0.25) is 4.79 Å². The molecule has 1 saturated carbocycles. The Labute approximate surface area is 133 Å². The summed E-state index contributed by atoms with van der Waals surface area (Å²) in [6.45, 7) is 9.10. The van der Waals surface area contributed by atoms with Crippen LogP contribution in [-0.4, -0.2) is 40.8 Å². The maximum Gasteiger partial charge on any atom is 0.410 e. The van der Waals surface area contributed by atoms with Gasteiger partial charge < -0.3 is 14.7 Å². The quantitative estimate of drug-likeness (QED) is 0.866. The standard InChI is InChI=1S/C17H29NO4/c1-12-11-18(15(21)22-16(2,3)4)9-6-13(12)17(7-5-8-17)10-14(19)20/h12-13H,5-11H2,1-4H3,(H,19,20). The monoisotopic (exact) mass is 311 g/mol. The molecule has 0 aromatic carbocycles. The fourth-order valence-corrected chi connectivity index (χ4v) is 4.16. The molecule has 2 atom stereocenters. The van der Waals surface area contributed by atoms with Crippen molar-refractivity contribution >= 4 is 12.1 Å². The van der Waals surface area contributed by atoms with Crippen LogP contribution in [0.3, 0.4) is 0 Å². The number of likely N-dealkylation sites (tertiary alicyclic amines) is 1. The zero-order chi connectivity index (χ0) is 16.5. The van der Waals surface area contributed by atoms with Gasteiger partial charge in [0.25, 0.3) is 0 Å². The molecular formula is C17H29NO4. The first-order valence-corrected chi connectivity index (χ1v) is 8.33. The number of hydrogen-bond acceptors (Lipinski definition) is 3. The smallest absolute Gasteiger partial charge is 0.410 e. The first kappa shape index (κ1) is 17.1. The second kappa shape index (κ2) is 6.09. The van der Waals surface area contributed by atoms with Crippen LogP contribution < -0.4 is 0 Å². The van der Waals surface area contributed by atoms with Gasteiger partial charge in [-0.2, -0.15) is 0 Å². The summed E-state index contributed by atoms with van der Waals surface area (Å²) in [4.78, 5) is 25.2. The number of piperidine rings is 1. The van der Waals surface area contributed by atoms with Gasteiger partial charge in [0, 0.05) is 13.1 Å². The van der Waals surface area contributed by atoms with Gasteiger partial charge in [0.2, 0.25) is 0 Å². The Balaban J connectivity index is 1.98. The number of carboxylic acids is 1. The molecule has 1 aliphatic carbocycles. The van der Waals surface area contributed by atoms with Crippen LogP contribution >= 0.6 is 0 Å². The van der Waals surface area contributed by atoms with E-state index in [4.69, 9.17) is 4.74 Å². The second-order valence-corrected chi connectivity index (χ2v) is 8.09. The van der Waals surface area contributed by atoms with E-state index in [0.717, 1.165) is 25.7 Å². The van der Waals surface area contributed by atoms with Crippen molar-refractivity contribution in [2.45, 2.75) is 65.4 Å². The molecule has 22 heavy (non-hydrogen) atoms. The Hall–Kier alpha value is -1.26. The molecule has 2 unspecified atom stereocenters. The zero-order valence-electron chi connectivity index (χ0n) is 14.2. The molecule has 2 rings (SSSR count). The van der Waals surface area contributed by atoms with E-state index in [-0.39, 0.29) is 17.9 Å². The summed E-state index contributed by atoms with van der Waals surface area (Å²) in [6.07, 6.45) is 4.06. The molecule has 2 fully saturated rings. The molecule has 5 heteroatoms. The summed E-state index contributed by atoms with van der Waals surface area (Å²) in [7, 11) is 0. The first-order valence-electron chi connectivity index (χ1n) is 8.33. The molecule has 1 saturated heterocycles. The van der Waals surface area contributed by atoms with E-state index in [1.54, 1.807) is 4.90 Å². The lowest BCUT2D eigenvalue weighted by atomic mass is 9.55. The van der Waals surface area contributed by atoms with Gasteiger partial charge in [0.15, 0.2) is 0 Å². The molecule has 0 bridgehead atoms. The molecule has 126 valence electrons. The molecule has 0 spiro atoms. The van der Waals surface area contributed by atoms with E-state index < -0.39 is 11.6 Å². The number of carbonyl (C=O) groups excluding carboxylic acids is 1. The molecule has 1 heterocycles. The van der Waals surface area contributed by atoms with E-state index in [2.05, 4.69) is 6.92 Å². The van der Waals surface area contributed by atoms with Crippen molar-refractivity contribution < 1.29 is 19.4 Å². The third-order valence-electron chi connectivity index (χ3n) is 5.20. The van der Waals surface area contributed by atoms with E-state index in [9.17, 15) is 14.7 Å². The summed E-state index contributed by atoms with van der Waals surface area (Å²) >= 11 is 0. The van der Waals surface area contributed by atoms with Crippen LogP contribution in [0.4, 0.5) is 4.79 Å². The van der Waals surface area contributed by atoms with Gasteiger partial charge in [-0.05, 0) is 57.3 Å². The Kier molecular flexibility index (Phi) is 4.73. The normalized spacial score (nSPS) is 27.9. The lowest BCUT2D eigenvalue weighted by Crippen LogP contribution is -2.51. The van der Waals surface area contributed by atoms with E-state index in [1.807, 2.05) is 20.8 Å². The lowest BCUT2D eigenvalue weighted by Gasteiger charge is -2.52. The van der Waals surface area contributed by atoms with Crippen molar-refractivity contribution in [3.63, 3.8) is 0 Å². The number of hydrogen-bond donors (Lipinski definition) is 1. The minimum absolute atomic E-state index is 0.0364. The van der Waals surface area contributed by atoms with Gasteiger partial charge in [0.1, 0.15) is 5.60 Å². The van der Waals surface area contributed by atoms with Crippen molar-refractivity contribution in [3.8, 4) is 0 Å². The first-order chi connectivity index (χ1) is 10.1. The number of amides is 1. The Morgan fingerprint density at radius 3 is 2.36 bits per heavy atom. The number of carboxylic acid groups (broad SMARTS) is 1. The van der Waals surface area contributed by atoms with Crippen LogP contribution in [0.5, 0.6) is 0 Å². The minimum atomic E-state index is -0.693. The molecule has 0 radical (unpaired) electrons. The minimum Gasteiger partial charge on any atom is -0.481 e. The SMILES string of the molecule is CC1CN(C(=O)OC(C)(C)C)CCC1C1(CC(=O)O)CCC1. The van der Waals surface area contributed by atoms with Crippen molar-refractivity contribution in [1.82, 2.24) is 4.90 Å². The van der Waals surface area contributed by atoms with Gasteiger partial charge in [0.05, 0.1) is 6.42 Å². The van der Waals surface area contributed by atoms with Crippen LogP contribution in [0.2, 0.25) is 0 Å². The van der Waals surface area contributed by atoms with Crippen molar-refractivity contribution in [1.29, 1.82) is 0 Å². The van der Waals surface area contributed by atoms with Gasteiger partial charge >= 0.3 is 12.1 Å². The maximum absolute atomic E-state index is 12.2. The Morgan fingerprint density at radius 2 is 1.95 bits per heavy atom. The van der Waals surface area contributed by atoms with E-state index in [0.29, 0.717) is 24.9 Å². The summed E-state index contributed by atoms with van der Waals surface area (Å²) in [5.74, 6) is 0.0263. The number of carbonyl (C=O) groups is 2. The highest BCUT2D eigenvalue weighted by molar-refractivity contribution is 5.69. The third-order valence-corrected chi connectivity index (χ3v) is 5.20. The van der Waals surface area contributed by atoms with Gasteiger partial charge in [-0.1, -0.05) is 13.3 Å². The van der Waals surface area contributed by atoms with E-state index >= 15 is 0 Å². The van der Waals surface area contributed by atoms with Crippen LogP contribution in [0.1, 0.15) is 59.8 Å². The lowest BCUT2D eigenvalue weighted by molar-refractivity contribution is -0.145. The van der Waals surface area contributed by atoms with Gasteiger partial charge in [-0.15, -0.1) is 0 Å². The third kappa shape index (κ3) is 3.73. The van der Waals surface area contributed by atoms with Crippen LogP contribution in [0.25, 0.3) is 0 Å². The fraction of sp³-hybridized carbons (Fsp3) is 0.882. The van der Waals surface area contributed by atoms with Crippen molar-refractivity contribution in [2.24, 2.45) is 17.3 Å². The average molecular weight is 311 g/mol. The number of rotatable bonds is 3. The molecule has 1 amide bonds. The van der Waals surface area contributed by atoms with Crippen LogP contribution in [0.15, 0.2) is 0 Å². The highest BCUT2D eigenvalue weighted by Crippen LogP contribution is 2.54. The number of ether oxygens (including phenoxy) is 1. The van der Waals surface area contributed by atoms with Crippen LogP contribution in [-0.2, 0) is 9.53 Å². The number of aliphatic carboxylic acids is 1. The Morgan fingerprint density at radius 1 is 1.32 bits per heavy atom. The Bertz CT molecular complexity index is 436. The topological polar surface area (TPSA) is 66.8 Å². The zero-order valence-corrected chi connectivity index (χ0v) is 14.2. The molecule has 1 N–H and O–H groups in total. The predicted molar refractivity (Wildman–Crippen MR) is 83.6 cm³/mol. The van der Waals surface area contributed by atoms with Gasteiger partial charge in [-0.25, -0.2) is 4.79 Å².